The van der Waals surface area contributed by atoms with Gasteiger partial charge in [0, 0.05) is 5.69 Å². The van der Waals surface area contributed by atoms with E-state index in [1.807, 2.05) is 0 Å². The highest BCUT2D eigenvalue weighted by molar-refractivity contribution is 6.34. The molecule has 2 aromatic rings. The Balaban J connectivity index is 2.28. The van der Waals surface area contributed by atoms with Crippen LogP contribution < -0.4 is 5.32 Å². The molecule has 1 heterocycles. The first-order chi connectivity index (χ1) is 8.97. The maximum atomic E-state index is 13.0. The Bertz CT molecular complexity index is 649. The van der Waals surface area contributed by atoms with E-state index in [1.54, 1.807) is 6.92 Å². The van der Waals surface area contributed by atoms with E-state index in [2.05, 4.69) is 15.5 Å². The van der Waals surface area contributed by atoms with E-state index in [1.165, 1.54) is 24.3 Å². The van der Waals surface area contributed by atoms with Crippen LogP contribution in [-0.4, -0.2) is 16.1 Å². The summed E-state index contributed by atoms with van der Waals surface area (Å²) in [5, 5.41) is 9.66. The van der Waals surface area contributed by atoms with E-state index in [0.29, 0.717) is 11.3 Å². The molecule has 1 amide bonds. The molecule has 0 fully saturated rings. The number of hydrogen-bond donors (Lipinski definition) is 1. The number of aromatic nitrogens is 2. The first-order valence-corrected chi connectivity index (χ1v) is 5.99. The summed E-state index contributed by atoms with van der Waals surface area (Å²) in [5.41, 5.74) is 1.18. The molecule has 0 aliphatic heterocycles. The number of amides is 1. The number of rotatable bonds is 2. The standard InChI is InChI=1S/C12H8Cl2FN3O/c1-6-4-7(15)2-3-9(6)16-12(19)8-5-10(13)17-18-11(8)14/h2-5H,1H3,(H,16,19). The second-order valence-electron chi connectivity index (χ2n) is 3.78. The van der Waals surface area contributed by atoms with Crippen molar-refractivity contribution in [1.82, 2.24) is 10.2 Å². The van der Waals surface area contributed by atoms with Crippen LogP contribution >= 0.6 is 23.2 Å². The van der Waals surface area contributed by atoms with Gasteiger partial charge in [0.15, 0.2) is 10.3 Å². The average molecular weight is 300 g/mol. The second-order valence-corrected chi connectivity index (χ2v) is 4.53. The van der Waals surface area contributed by atoms with E-state index in [-0.39, 0.29) is 21.7 Å². The molecular weight excluding hydrogens is 292 g/mol. The Kier molecular flexibility index (Phi) is 3.97. The average Bonchev–Trinajstić information content (AvgIpc) is 2.35. The van der Waals surface area contributed by atoms with E-state index in [9.17, 15) is 9.18 Å². The van der Waals surface area contributed by atoms with Gasteiger partial charge in [-0.15, -0.1) is 10.2 Å². The third kappa shape index (κ3) is 3.19. The van der Waals surface area contributed by atoms with Crippen LogP contribution in [0.5, 0.6) is 0 Å². The van der Waals surface area contributed by atoms with Crippen LogP contribution in [-0.2, 0) is 0 Å². The zero-order chi connectivity index (χ0) is 14.0. The van der Waals surface area contributed by atoms with E-state index in [4.69, 9.17) is 23.2 Å². The number of benzene rings is 1. The third-order valence-corrected chi connectivity index (χ3v) is 2.86. The zero-order valence-corrected chi connectivity index (χ0v) is 11.3. The third-order valence-electron chi connectivity index (χ3n) is 2.40. The Morgan fingerprint density at radius 1 is 1.26 bits per heavy atom. The maximum Gasteiger partial charge on any atom is 0.258 e. The number of halogens is 3. The molecule has 0 aliphatic carbocycles. The van der Waals surface area contributed by atoms with Crippen LogP contribution in [0.3, 0.4) is 0 Å². The molecule has 0 atom stereocenters. The van der Waals surface area contributed by atoms with Crippen molar-refractivity contribution in [2.24, 2.45) is 0 Å². The van der Waals surface area contributed by atoms with Crippen LogP contribution in [0.15, 0.2) is 24.3 Å². The van der Waals surface area contributed by atoms with Crippen molar-refractivity contribution in [3.8, 4) is 0 Å². The summed E-state index contributed by atoms with van der Waals surface area (Å²) in [4.78, 5) is 12.0. The molecule has 0 saturated heterocycles. The normalized spacial score (nSPS) is 10.3. The lowest BCUT2D eigenvalue weighted by Crippen LogP contribution is -2.14. The number of nitrogens with zero attached hydrogens (tertiary/aromatic N) is 2. The van der Waals surface area contributed by atoms with Crippen molar-refractivity contribution in [2.45, 2.75) is 6.92 Å². The molecule has 7 heteroatoms. The molecule has 19 heavy (non-hydrogen) atoms. The van der Waals surface area contributed by atoms with Crippen molar-refractivity contribution in [1.29, 1.82) is 0 Å². The Labute approximate surface area is 118 Å². The van der Waals surface area contributed by atoms with Crippen molar-refractivity contribution in [2.75, 3.05) is 5.32 Å². The minimum absolute atomic E-state index is 0.0540. The van der Waals surface area contributed by atoms with E-state index in [0.717, 1.165) is 0 Å². The number of aryl methyl sites for hydroxylation is 1. The summed E-state index contributed by atoms with van der Waals surface area (Å²) in [7, 11) is 0. The molecule has 0 bridgehead atoms. The minimum atomic E-state index is -0.489. The van der Waals surface area contributed by atoms with Crippen LogP contribution in [0, 0.1) is 12.7 Å². The molecule has 0 aliphatic rings. The van der Waals surface area contributed by atoms with Gasteiger partial charge < -0.3 is 5.32 Å². The van der Waals surface area contributed by atoms with Crippen molar-refractivity contribution < 1.29 is 9.18 Å². The van der Waals surface area contributed by atoms with Crippen LogP contribution in [0.1, 0.15) is 15.9 Å². The monoisotopic (exact) mass is 299 g/mol. The molecule has 0 unspecified atom stereocenters. The van der Waals surface area contributed by atoms with Gasteiger partial charge in [0.25, 0.3) is 5.91 Å². The smallest absolute Gasteiger partial charge is 0.258 e. The topological polar surface area (TPSA) is 54.9 Å². The van der Waals surface area contributed by atoms with Gasteiger partial charge in [0.1, 0.15) is 5.82 Å². The number of carbonyl (C=O) groups excluding carboxylic acids is 1. The van der Waals surface area contributed by atoms with E-state index < -0.39 is 5.91 Å². The SMILES string of the molecule is Cc1cc(F)ccc1NC(=O)c1cc(Cl)nnc1Cl. The summed E-state index contributed by atoms with van der Waals surface area (Å²) < 4.78 is 13.0. The first-order valence-electron chi connectivity index (χ1n) is 5.23. The molecule has 4 nitrogen and oxygen atoms in total. The fourth-order valence-electron chi connectivity index (χ4n) is 1.47. The molecule has 1 aromatic carbocycles. The summed E-state index contributed by atoms with van der Waals surface area (Å²) in [6.45, 7) is 1.68. The quantitative estimate of drug-likeness (QED) is 0.923. The first kappa shape index (κ1) is 13.7. The van der Waals surface area contributed by atoms with Gasteiger partial charge in [0.2, 0.25) is 0 Å². The van der Waals surface area contributed by atoms with Gasteiger partial charge in [-0.3, -0.25) is 4.79 Å². The lowest BCUT2D eigenvalue weighted by atomic mass is 10.2. The Morgan fingerprint density at radius 3 is 2.68 bits per heavy atom. The van der Waals surface area contributed by atoms with Gasteiger partial charge in [0.05, 0.1) is 5.56 Å². The number of carbonyl (C=O) groups is 1. The van der Waals surface area contributed by atoms with Crippen LogP contribution in [0.25, 0.3) is 0 Å². The van der Waals surface area contributed by atoms with Crippen LogP contribution in [0.2, 0.25) is 10.3 Å². The fraction of sp³-hybridized carbons (Fsp3) is 0.0833. The lowest BCUT2D eigenvalue weighted by molar-refractivity contribution is 0.102. The molecule has 0 spiro atoms. The Morgan fingerprint density at radius 2 is 2.00 bits per heavy atom. The fourth-order valence-corrected chi connectivity index (χ4v) is 1.79. The predicted molar refractivity (Wildman–Crippen MR) is 71.1 cm³/mol. The van der Waals surface area contributed by atoms with E-state index >= 15 is 0 Å². The summed E-state index contributed by atoms with van der Waals surface area (Å²) >= 11 is 11.4. The van der Waals surface area contributed by atoms with Crippen molar-refractivity contribution in [3.05, 3.63) is 51.5 Å². The molecule has 2 rings (SSSR count). The highest BCUT2D eigenvalue weighted by atomic mass is 35.5. The molecular formula is C12H8Cl2FN3O. The highest BCUT2D eigenvalue weighted by Gasteiger charge is 2.14. The second kappa shape index (κ2) is 5.50. The van der Waals surface area contributed by atoms with Gasteiger partial charge in [-0.2, -0.15) is 0 Å². The number of nitrogens with one attached hydrogen (secondary N) is 1. The van der Waals surface area contributed by atoms with Gasteiger partial charge in [-0.1, -0.05) is 23.2 Å². The largest absolute Gasteiger partial charge is 0.322 e. The molecule has 0 radical (unpaired) electrons. The van der Waals surface area contributed by atoms with Crippen LogP contribution in [0.4, 0.5) is 10.1 Å². The maximum absolute atomic E-state index is 13.0. The zero-order valence-electron chi connectivity index (χ0n) is 9.75. The van der Waals surface area contributed by atoms with Gasteiger partial charge in [-0.05, 0) is 36.8 Å². The predicted octanol–water partition coefficient (Wildman–Crippen LogP) is 3.48. The summed E-state index contributed by atoms with van der Waals surface area (Å²) in [6.07, 6.45) is 0. The minimum Gasteiger partial charge on any atom is -0.322 e. The summed E-state index contributed by atoms with van der Waals surface area (Å²) in [5.74, 6) is -0.862. The Hall–Kier alpha value is -1.72. The highest BCUT2D eigenvalue weighted by Crippen LogP contribution is 2.20. The van der Waals surface area contributed by atoms with Crippen molar-refractivity contribution >= 4 is 34.8 Å². The summed E-state index contributed by atoms with van der Waals surface area (Å²) in [6, 6.07) is 5.34. The lowest BCUT2D eigenvalue weighted by Gasteiger charge is -2.09. The molecule has 1 aromatic heterocycles. The molecule has 1 N–H and O–H groups in total. The number of hydrogen-bond acceptors (Lipinski definition) is 3. The van der Waals surface area contributed by atoms with Gasteiger partial charge >= 0.3 is 0 Å². The molecule has 98 valence electrons. The molecule has 0 saturated carbocycles. The number of anilines is 1. The van der Waals surface area contributed by atoms with Gasteiger partial charge in [-0.25, -0.2) is 4.39 Å². The van der Waals surface area contributed by atoms with Crippen molar-refractivity contribution in [3.63, 3.8) is 0 Å².